The van der Waals surface area contributed by atoms with Gasteiger partial charge in [-0.3, -0.25) is 4.79 Å². The molecule has 0 saturated carbocycles. The lowest BCUT2D eigenvalue weighted by atomic mass is 10.1. The van der Waals surface area contributed by atoms with Gasteiger partial charge in [-0.05, 0) is 25.3 Å². The van der Waals surface area contributed by atoms with Crippen molar-refractivity contribution in [3.05, 3.63) is 14.7 Å². The van der Waals surface area contributed by atoms with Crippen LogP contribution in [0.1, 0.15) is 25.7 Å². The van der Waals surface area contributed by atoms with E-state index in [1.54, 1.807) is 0 Å². The third-order valence-electron chi connectivity index (χ3n) is 2.85. The summed E-state index contributed by atoms with van der Waals surface area (Å²) < 4.78 is 31.7. The normalized spacial score (nSPS) is 19.8. The highest BCUT2D eigenvalue weighted by atomic mass is 35.5. The Hall–Kier alpha value is -0.340. The summed E-state index contributed by atoms with van der Waals surface area (Å²) in [5.41, 5.74) is 0. The number of thiophene rings is 1. The Morgan fingerprint density at radius 2 is 2.20 bits per heavy atom. The molecule has 1 N–H and O–H groups in total. The van der Waals surface area contributed by atoms with Gasteiger partial charge in [0.2, 0.25) is 5.91 Å². The van der Waals surface area contributed by atoms with Crippen LogP contribution < -0.4 is 4.72 Å². The molecule has 1 unspecified atom stereocenters. The molecule has 0 radical (unpaired) electrons. The van der Waals surface area contributed by atoms with Crippen LogP contribution in [0.3, 0.4) is 0 Å². The first-order valence-corrected chi connectivity index (χ1v) is 9.06. The smallest absolute Gasteiger partial charge is 0.266 e. The zero-order valence-corrected chi connectivity index (χ0v) is 13.5. The lowest BCUT2D eigenvalue weighted by Crippen LogP contribution is -2.34. The van der Waals surface area contributed by atoms with Crippen molar-refractivity contribution in [2.45, 2.75) is 36.7 Å². The molecule has 1 aromatic rings. The molecule has 0 aromatic carbocycles. The number of hydrogen-bond acceptors (Lipinski definition) is 5. The van der Waals surface area contributed by atoms with Crippen molar-refractivity contribution in [2.24, 2.45) is 0 Å². The summed E-state index contributed by atoms with van der Waals surface area (Å²) in [5.74, 6) is -0.602. The first kappa shape index (κ1) is 16.0. The highest BCUT2D eigenvalue weighted by Crippen LogP contribution is 2.34. The Kier molecular flexibility index (Phi) is 5.30. The average molecular weight is 358 g/mol. The van der Waals surface area contributed by atoms with Crippen LogP contribution in [0, 0.1) is 0 Å². The van der Waals surface area contributed by atoms with Crippen LogP contribution in [0.5, 0.6) is 0 Å². The molecule has 0 bridgehead atoms. The Morgan fingerprint density at radius 1 is 1.45 bits per heavy atom. The van der Waals surface area contributed by atoms with Crippen LogP contribution in [0.25, 0.3) is 0 Å². The van der Waals surface area contributed by atoms with Gasteiger partial charge in [0.05, 0.1) is 16.9 Å². The number of rotatable bonds is 4. The van der Waals surface area contributed by atoms with E-state index >= 15 is 0 Å². The van der Waals surface area contributed by atoms with E-state index in [0.717, 1.165) is 30.6 Å². The molecule has 0 aliphatic carbocycles. The minimum absolute atomic E-state index is 0.0225. The topological polar surface area (TPSA) is 72.5 Å². The van der Waals surface area contributed by atoms with E-state index in [1.807, 2.05) is 4.72 Å². The molecule has 0 spiro atoms. The monoisotopic (exact) mass is 357 g/mol. The molecule has 1 atom stereocenters. The third-order valence-corrected chi connectivity index (χ3v) is 5.98. The SMILES string of the molecule is O=C(CC1CCCCO1)NS(=O)(=O)c1cc(Cl)sc1Cl. The van der Waals surface area contributed by atoms with Crippen molar-refractivity contribution in [3.8, 4) is 0 Å². The van der Waals surface area contributed by atoms with E-state index in [2.05, 4.69) is 0 Å². The minimum Gasteiger partial charge on any atom is -0.378 e. The lowest BCUT2D eigenvalue weighted by molar-refractivity contribution is -0.123. The van der Waals surface area contributed by atoms with Crippen molar-refractivity contribution in [1.82, 2.24) is 4.72 Å². The van der Waals surface area contributed by atoms with Gasteiger partial charge < -0.3 is 4.74 Å². The predicted molar refractivity (Wildman–Crippen MR) is 77.9 cm³/mol. The van der Waals surface area contributed by atoms with Crippen LogP contribution in [0.4, 0.5) is 0 Å². The molecule has 5 nitrogen and oxygen atoms in total. The fourth-order valence-electron chi connectivity index (χ4n) is 1.93. The number of amides is 1. The van der Waals surface area contributed by atoms with E-state index in [1.165, 1.54) is 6.07 Å². The molecule has 1 aromatic heterocycles. The van der Waals surface area contributed by atoms with Crippen molar-refractivity contribution in [3.63, 3.8) is 0 Å². The van der Waals surface area contributed by atoms with Crippen LogP contribution in [-0.4, -0.2) is 27.0 Å². The molecule has 1 saturated heterocycles. The molecule has 112 valence electrons. The first-order valence-electron chi connectivity index (χ1n) is 6.00. The number of carbonyl (C=O) groups excluding carboxylic acids is 1. The second-order valence-electron chi connectivity index (χ2n) is 4.41. The summed E-state index contributed by atoms with van der Waals surface area (Å²) in [6, 6.07) is 1.22. The van der Waals surface area contributed by atoms with Gasteiger partial charge in [-0.1, -0.05) is 23.2 Å². The van der Waals surface area contributed by atoms with Gasteiger partial charge in [-0.25, -0.2) is 13.1 Å². The van der Waals surface area contributed by atoms with Crippen molar-refractivity contribution < 1.29 is 17.9 Å². The maximum atomic E-state index is 12.0. The third kappa shape index (κ3) is 4.08. The van der Waals surface area contributed by atoms with Crippen molar-refractivity contribution in [2.75, 3.05) is 6.61 Å². The maximum Gasteiger partial charge on any atom is 0.266 e. The molecule has 1 amide bonds. The fourth-order valence-corrected chi connectivity index (χ4v) is 5.08. The molecule has 2 heterocycles. The first-order chi connectivity index (χ1) is 9.38. The highest BCUT2D eigenvalue weighted by molar-refractivity contribution is 7.90. The predicted octanol–water partition coefficient (Wildman–Crippen LogP) is 2.82. The molecular weight excluding hydrogens is 345 g/mol. The standard InChI is InChI=1S/C11H13Cl2NO4S2/c12-9-6-8(11(13)19-9)20(16,17)14-10(15)5-7-3-1-2-4-18-7/h6-7H,1-5H2,(H,14,15). The molecule has 1 fully saturated rings. The van der Waals surface area contributed by atoms with Gasteiger partial charge in [0.1, 0.15) is 9.23 Å². The van der Waals surface area contributed by atoms with Crippen molar-refractivity contribution >= 4 is 50.5 Å². The van der Waals surface area contributed by atoms with Crippen LogP contribution in [0.2, 0.25) is 8.67 Å². The van der Waals surface area contributed by atoms with Gasteiger partial charge >= 0.3 is 0 Å². The Morgan fingerprint density at radius 3 is 2.75 bits per heavy atom. The fraction of sp³-hybridized carbons (Fsp3) is 0.545. The molecular formula is C11H13Cl2NO4S2. The molecule has 1 aliphatic rings. The Labute approximate surface area is 131 Å². The van der Waals surface area contributed by atoms with E-state index in [4.69, 9.17) is 27.9 Å². The Bertz CT molecular complexity index is 594. The van der Waals surface area contributed by atoms with Crippen LogP contribution in [0.15, 0.2) is 11.0 Å². The summed E-state index contributed by atoms with van der Waals surface area (Å²) in [5, 5.41) is 0. The molecule has 9 heteroatoms. The van der Waals surface area contributed by atoms with Crippen LogP contribution >= 0.6 is 34.5 Å². The number of ether oxygens (including phenoxy) is 1. The van der Waals surface area contributed by atoms with Crippen LogP contribution in [-0.2, 0) is 19.6 Å². The number of carbonyl (C=O) groups is 1. The second kappa shape index (κ2) is 6.62. The lowest BCUT2D eigenvalue weighted by Gasteiger charge is -2.21. The van der Waals surface area contributed by atoms with E-state index in [-0.39, 0.29) is 26.1 Å². The number of halogens is 2. The van der Waals surface area contributed by atoms with Gasteiger partial charge in [-0.15, -0.1) is 11.3 Å². The van der Waals surface area contributed by atoms with E-state index in [9.17, 15) is 13.2 Å². The van der Waals surface area contributed by atoms with Gasteiger partial charge in [-0.2, -0.15) is 0 Å². The van der Waals surface area contributed by atoms with Gasteiger partial charge in [0.15, 0.2) is 0 Å². The second-order valence-corrected chi connectivity index (χ2v) is 8.35. The Balaban J connectivity index is 2.00. The molecule has 2 rings (SSSR count). The van der Waals surface area contributed by atoms with E-state index < -0.39 is 15.9 Å². The van der Waals surface area contributed by atoms with Crippen molar-refractivity contribution in [1.29, 1.82) is 0 Å². The summed E-state index contributed by atoms with van der Waals surface area (Å²) in [6.45, 7) is 0.608. The van der Waals surface area contributed by atoms with E-state index in [0.29, 0.717) is 6.61 Å². The largest absolute Gasteiger partial charge is 0.378 e. The number of sulfonamides is 1. The van der Waals surface area contributed by atoms with Gasteiger partial charge in [0, 0.05) is 6.61 Å². The zero-order valence-electron chi connectivity index (χ0n) is 10.4. The summed E-state index contributed by atoms with van der Waals surface area (Å²) in [7, 11) is -3.98. The number of nitrogens with one attached hydrogen (secondary N) is 1. The summed E-state index contributed by atoms with van der Waals surface area (Å²) >= 11 is 12.4. The maximum absolute atomic E-state index is 12.0. The summed E-state index contributed by atoms with van der Waals surface area (Å²) in [6.07, 6.45) is 2.52. The minimum atomic E-state index is -3.98. The average Bonchev–Trinajstić information content (AvgIpc) is 2.69. The zero-order chi connectivity index (χ0) is 14.8. The number of hydrogen-bond donors (Lipinski definition) is 1. The molecule has 20 heavy (non-hydrogen) atoms. The quantitative estimate of drug-likeness (QED) is 0.898. The van der Waals surface area contributed by atoms with Gasteiger partial charge in [0.25, 0.3) is 10.0 Å². The highest BCUT2D eigenvalue weighted by Gasteiger charge is 2.25. The molecule has 1 aliphatic heterocycles. The summed E-state index contributed by atoms with van der Waals surface area (Å²) in [4.78, 5) is 11.6.